The highest BCUT2D eigenvalue weighted by molar-refractivity contribution is 5.84. The van der Waals surface area contributed by atoms with E-state index in [0.29, 0.717) is 18.7 Å². The van der Waals surface area contributed by atoms with Crippen molar-refractivity contribution in [3.8, 4) is 0 Å². The molecule has 1 amide bonds. The minimum absolute atomic E-state index is 0.148. The molecule has 2 N–H and O–H groups in total. The number of amides is 1. The SMILES string of the molecule is C=Cc1ncc(C[C@@H](NC2(OC(C)(C)C)C3=C2C=C3)C(=O)NC(C)(C)Cc2ccc(F)cc2)n1/C=C\C. The lowest BCUT2D eigenvalue weighted by Crippen LogP contribution is -2.58. The first-order chi connectivity index (χ1) is 17.4. The number of rotatable bonds is 11. The van der Waals surface area contributed by atoms with Crippen molar-refractivity contribution in [2.24, 2.45) is 0 Å². The molecular weight excluding hydrogens is 467 g/mol. The Kier molecular flexibility index (Phi) is 7.14. The number of imidazole rings is 1. The van der Waals surface area contributed by atoms with Crippen LogP contribution in [0.3, 0.4) is 0 Å². The van der Waals surface area contributed by atoms with Crippen LogP contribution in [-0.2, 0) is 22.4 Å². The highest BCUT2D eigenvalue weighted by Crippen LogP contribution is 2.54. The summed E-state index contributed by atoms with van der Waals surface area (Å²) in [4.78, 5) is 18.3. The van der Waals surface area contributed by atoms with Gasteiger partial charge in [-0.15, -0.1) is 0 Å². The van der Waals surface area contributed by atoms with Crippen LogP contribution < -0.4 is 10.6 Å². The van der Waals surface area contributed by atoms with E-state index in [-0.39, 0.29) is 11.7 Å². The smallest absolute Gasteiger partial charge is 0.238 e. The second-order valence-corrected chi connectivity index (χ2v) is 11.3. The van der Waals surface area contributed by atoms with E-state index < -0.39 is 22.9 Å². The summed E-state index contributed by atoms with van der Waals surface area (Å²) in [5.41, 5.74) is 2.23. The maximum Gasteiger partial charge on any atom is 0.238 e. The fourth-order valence-electron chi connectivity index (χ4n) is 4.82. The van der Waals surface area contributed by atoms with Gasteiger partial charge < -0.3 is 14.6 Å². The highest BCUT2D eigenvalue weighted by Gasteiger charge is 2.59. The lowest BCUT2D eigenvalue weighted by molar-refractivity contribution is -0.129. The zero-order chi connectivity index (χ0) is 27.0. The number of ether oxygens (including phenoxy) is 1. The molecule has 0 spiro atoms. The molecule has 0 radical (unpaired) electrons. The van der Waals surface area contributed by atoms with Gasteiger partial charge in [0.2, 0.25) is 5.91 Å². The lowest BCUT2D eigenvalue weighted by Gasteiger charge is -2.34. The van der Waals surface area contributed by atoms with Crippen molar-refractivity contribution in [2.45, 2.75) is 77.3 Å². The summed E-state index contributed by atoms with van der Waals surface area (Å²) in [6.07, 6.45) is 12.3. The van der Waals surface area contributed by atoms with Crippen LogP contribution in [0.1, 0.15) is 58.6 Å². The maximum absolute atomic E-state index is 13.9. The molecule has 6 nitrogen and oxygen atoms in total. The molecular formula is C30H37FN4O2. The van der Waals surface area contributed by atoms with Crippen molar-refractivity contribution in [2.75, 3.05) is 0 Å². The summed E-state index contributed by atoms with van der Waals surface area (Å²) in [6, 6.07) is 5.77. The number of carbonyl (C=O) groups is 1. The number of benzene rings is 1. The minimum Gasteiger partial charge on any atom is -0.350 e. The normalized spacial score (nSPS) is 16.9. The molecule has 1 atom stereocenters. The van der Waals surface area contributed by atoms with Crippen molar-refractivity contribution >= 4 is 18.2 Å². The molecule has 0 aliphatic heterocycles. The summed E-state index contributed by atoms with van der Waals surface area (Å²) in [5.74, 6) is 0.282. The molecule has 0 bridgehead atoms. The summed E-state index contributed by atoms with van der Waals surface area (Å²) >= 11 is 0. The molecule has 37 heavy (non-hydrogen) atoms. The Balaban J connectivity index is 1.59. The average molecular weight is 505 g/mol. The number of nitrogens with one attached hydrogen (secondary N) is 2. The van der Waals surface area contributed by atoms with E-state index >= 15 is 0 Å². The molecule has 1 aromatic heterocycles. The van der Waals surface area contributed by atoms with Crippen LogP contribution in [0.25, 0.3) is 12.3 Å². The van der Waals surface area contributed by atoms with Crippen LogP contribution in [0.5, 0.6) is 0 Å². The Labute approximate surface area is 219 Å². The Morgan fingerprint density at radius 2 is 1.84 bits per heavy atom. The maximum atomic E-state index is 13.9. The summed E-state index contributed by atoms with van der Waals surface area (Å²) in [5, 5.41) is 6.77. The Hall–Kier alpha value is -3.29. The molecule has 4 rings (SSSR count). The number of allylic oxidation sites excluding steroid dienone is 1. The molecule has 0 unspecified atom stereocenters. The fourth-order valence-corrected chi connectivity index (χ4v) is 4.82. The number of nitrogens with zero attached hydrogens (tertiary/aromatic N) is 2. The van der Waals surface area contributed by atoms with Crippen LogP contribution >= 0.6 is 0 Å². The zero-order valence-corrected chi connectivity index (χ0v) is 22.6. The molecule has 7 heteroatoms. The predicted molar refractivity (Wildman–Crippen MR) is 146 cm³/mol. The van der Waals surface area contributed by atoms with Gasteiger partial charge in [0.05, 0.1) is 11.6 Å². The predicted octanol–water partition coefficient (Wildman–Crippen LogP) is 5.19. The molecule has 1 heterocycles. The number of carbonyl (C=O) groups excluding carboxylic acids is 1. The van der Waals surface area contributed by atoms with Gasteiger partial charge in [0.1, 0.15) is 11.6 Å². The number of halogens is 1. The van der Waals surface area contributed by atoms with Gasteiger partial charge in [0, 0.05) is 41.2 Å². The fraction of sp³-hybridized carbons (Fsp3) is 0.400. The van der Waals surface area contributed by atoms with Gasteiger partial charge >= 0.3 is 0 Å². The topological polar surface area (TPSA) is 68.2 Å². The summed E-state index contributed by atoms with van der Waals surface area (Å²) in [6.45, 7) is 15.8. The molecule has 0 saturated heterocycles. The van der Waals surface area contributed by atoms with Crippen LogP contribution in [0, 0.1) is 5.82 Å². The van der Waals surface area contributed by atoms with Crippen molar-refractivity contribution < 1.29 is 13.9 Å². The zero-order valence-electron chi connectivity index (χ0n) is 22.6. The van der Waals surface area contributed by atoms with Crippen molar-refractivity contribution in [1.29, 1.82) is 0 Å². The molecule has 1 aromatic carbocycles. The van der Waals surface area contributed by atoms with E-state index in [9.17, 15) is 9.18 Å². The molecule has 2 aromatic rings. The van der Waals surface area contributed by atoms with Crippen molar-refractivity contribution in [1.82, 2.24) is 20.2 Å². The van der Waals surface area contributed by atoms with Gasteiger partial charge in [-0.25, -0.2) is 9.37 Å². The van der Waals surface area contributed by atoms with E-state index in [2.05, 4.69) is 22.2 Å². The van der Waals surface area contributed by atoms with E-state index in [4.69, 9.17) is 4.74 Å². The first-order valence-electron chi connectivity index (χ1n) is 12.7. The average Bonchev–Trinajstić information content (AvgIpc) is 3.00. The summed E-state index contributed by atoms with van der Waals surface area (Å²) < 4.78 is 21.8. The second kappa shape index (κ2) is 9.88. The first-order valence-corrected chi connectivity index (χ1v) is 12.7. The largest absolute Gasteiger partial charge is 0.350 e. The Morgan fingerprint density at radius 1 is 1.19 bits per heavy atom. The minimum atomic E-state index is -0.770. The third kappa shape index (κ3) is 5.84. The number of hydrogen-bond acceptors (Lipinski definition) is 4. The van der Waals surface area contributed by atoms with Gasteiger partial charge in [-0.2, -0.15) is 0 Å². The van der Waals surface area contributed by atoms with Crippen molar-refractivity contribution in [3.05, 3.63) is 89.3 Å². The second-order valence-electron chi connectivity index (χ2n) is 11.3. The highest BCUT2D eigenvalue weighted by atomic mass is 19.1. The van der Waals surface area contributed by atoms with Crippen molar-refractivity contribution in [3.63, 3.8) is 0 Å². The lowest BCUT2D eigenvalue weighted by atomic mass is 9.94. The van der Waals surface area contributed by atoms with Crippen LogP contribution in [0.2, 0.25) is 0 Å². The van der Waals surface area contributed by atoms with Gasteiger partial charge in [0.15, 0.2) is 5.72 Å². The molecule has 196 valence electrons. The quantitative estimate of drug-likeness (QED) is 0.414. The first kappa shape index (κ1) is 26.8. The van der Waals surface area contributed by atoms with E-state index in [1.807, 2.05) is 70.5 Å². The van der Waals surface area contributed by atoms with Crippen LogP contribution in [0.4, 0.5) is 4.39 Å². The monoisotopic (exact) mass is 504 g/mol. The van der Waals surface area contributed by atoms with E-state index in [1.54, 1.807) is 24.4 Å². The van der Waals surface area contributed by atoms with Gasteiger partial charge in [-0.05, 0) is 71.7 Å². The Bertz CT molecular complexity index is 1260. The van der Waals surface area contributed by atoms with Crippen LogP contribution in [-0.4, -0.2) is 38.4 Å². The standard InChI is InChI=1S/C30H37FN4O2/c1-8-16-35-22(19-32-26(35)9-2)17-25(33-30(37-28(3,4)5)23-14-15-24(23)30)27(36)34-29(6,7)18-20-10-12-21(31)13-11-20/h8-16,19,25,33H,2,17-18H2,1,3-7H3,(H,34,36)/b16-8-/t25-/m1/s1. The van der Waals surface area contributed by atoms with Gasteiger partial charge in [0.25, 0.3) is 0 Å². The molecule has 2 aliphatic rings. The number of aromatic nitrogens is 2. The summed E-state index contributed by atoms with van der Waals surface area (Å²) in [7, 11) is 0. The van der Waals surface area contributed by atoms with Gasteiger partial charge in [-0.1, -0.05) is 36.9 Å². The van der Waals surface area contributed by atoms with Gasteiger partial charge in [-0.3, -0.25) is 10.1 Å². The third-order valence-corrected chi connectivity index (χ3v) is 6.37. The Morgan fingerprint density at radius 3 is 2.38 bits per heavy atom. The third-order valence-electron chi connectivity index (χ3n) is 6.37. The molecule has 2 aliphatic carbocycles. The molecule has 0 saturated carbocycles. The number of hydrogen-bond donors (Lipinski definition) is 2. The van der Waals surface area contributed by atoms with E-state index in [1.165, 1.54) is 12.1 Å². The van der Waals surface area contributed by atoms with E-state index in [0.717, 1.165) is 22.4 Å². The molecule has 0 fully saturated rings. The van der Waals surface area contributed by atoms with Crippen LogP contribution in [0.15, 0.2) is 66.4 Å².